The van der Waals surface area contributed by atoms with Gasteiger partial charge in [0.2, 0.25) is 0 Å². The van der Waals surface area contributed by atoms with Gasteiger partial charge in [-0.3, -0.25) is 0 Å². The lowest BCUT2D eigenvalue weighted by atomic mass is 10.0. The van der Waals surface area contributed by atoms with E-state index < -0.39 is 41.9 Å². The highest BCUT2D eigenvalue weighted by Gasteiger charge is 2.35. The quantitative estimate of drug-likeness (QED) is 0.838. The molecule has 0 aromatic heterocycles. The Kier molecular flexibility index (Phi) is 5.39. The van der Waals surface area contributed by atoms with Gasteiger partial charge in [0.1, 0.15) is 11.4 Å². The van der Waals surface area contributed by atoms with E-state index in [1.807, 2.05) is 0 Å². The summed E-state index contributed by atoms with van der Waals surface area (Å²) in [6.45, 7) is 4.17. The van der Waals surface area contributed by atoms with Gasteiger partial charge in [0, 0.05) is 0 Å². The molecule has 0 fully saturated rings. The number of rotatable bonds is 3. The Labute approximate surface area is 125 Å². The molecule has 1 aromatic rings. The number of ether oxygens (including phenoxy) is 1. The molecular weight excluding hydrogens is 306 g/mol. The molecule has 8 heteroatoms. The maximum Gasteiger partial charge on any atom is 0.419 e. The summed E-state index contributed by atoms with van der Waals surface area (Å²) < 4.78 is 56.2. The number of aliphatic hydroxyl groups is 1. The number of amides is 1. The zero-order valence-electron chi connectivity index (χ0n) is 12.3. The highest BCUT2D eigenvalue weighted by atomic mass is 19.4. The molecule has 124 valence electrons. The van der Waals surface area contributed by atoms with Crippen LogP contribution in [0.4, 0.5) is 22.4 Å². The van der Waals surface area contributed by atoms with E-state index in [1.165, 1.54) is 0 Å². The molecule has 1 atom stereocenters. The third-order valence-electron chi connectivity index (χ3n) is 2.57. The fourth-order valence-electron chi connectivity index (χ4n) is 1.66. The van der Waals surface area contributed by atoms with Gasteiger partial charge in [-0.05, 0) is 38.5 Å². The van der Waals surface area contributed by atoms with E-state index in [9.17, 15) is 27.5 Å². The van der Waals surface area contributed by atoms with E-state index in [4.69, 9.17) is 4.74 Å². The Morgan fingerprint density at radius 2 is 1.91 bits per heavy atom. The summed E-state index contributed by atoms with van der Waals surface area (Å²) in [7, 11) is 0. The van der Waals surface area contributed by atoms with Crippen LogP contribution in [0.1, 0.15) is 37.9 Å². The van der Waals surface area contributed by atoms with Crippen LogP contribution in [0.5, 0.6) is 0 Å². The van der Waals surface area contributed by atoms with Crippen molar-refractivity contribution < 1.29 is 32.2 Å². The van der Waals surface area contributed by atoms with Crippen LogP contribution in [-0.2, 0) is 10.9 Å². The Morgan fingerprint density at radius 3 is 2.36 bits per heavy atom. The second kappa shape index (κ2) is 6.51. The number of carbonyl (C=O) groups excluding carboxylic acids is 1. The lowest BCUT2D eigenvalue weighted by Gasteiger charge is -2.23. The van der Waals surface area contributed by atoms with Crippen molar-refractivity contribution in [2.75, 3.05) is 6.61 Å². The average Bonchev–Trinajstić information content (AvgIpc) is 2.33. The van der Waals surface area contributed by atoms with E-state index in [2.05, 4.69) is 5.32 Å². The number of aliphatic hydroxyl groups excluding tert-OH is 1. The molecule has 22 heavy (non-hydrogen) atoms. The molecular formula is C14H17F4NO3. The van der Waals surface area contributed by atoms with Crippen molar-refractivity contribution in [2.24, 2.45) is 0 Å². The third kappa shape index (κ3) is 5.18. The highest BCUT2D eigenvalue weighted by molar-refractivity contribution is 5.68. The topological polar surface area (TPSA) is 58.6 Å². The van der Waals surface area contributed by atoms with Gasteiger partial charge in [-0.15, -0.1) is 0 Å². The normalized spacial score (nSPS) is 13.6. The number of alkyl carbamates (subject to hydrolysis) is 1. The van der Waals surface area contributed by atoms with Gasteiger partial charge in [-0.2, -0.15) is 13.2 Å². The van der Waals surface area contributed by atoms with Crippen LogP contribution >= 0.6 is 0 Å². The number of halogens is 4. The van der Waals surface area contributed by atoms with Gasteiger partial charge in [0.05, 0.1) is 18.2 Å². The second-order valence-corrected chi connectivity index (χ2v) is 5.62. The molecule has 1 aromatic carbocycles. The first-order valence-corrected chi connectivity index (χ1v) is 6.41. The standard InChI is InChI=1S/C14H17F4NO3/c1-13(2,3)22-12(21)19-11(7-20)8-4-5-10(15)9(6-8)14(16,17)18/h4-6,11,20H,7H2,1-3H3,(H,19,21)/t11-/m1/s1. The molecule has 0 aliphatic heterocycles. The lowest BCUT2D eigenvalue weighted by molar-refractivity contribution is -0.140. The fraction of sp³-hybridized carbons (Fsp3) is 0.500. The largest absolute Gasteiger partial charge is 0.444 e. The molecule has 0 saturated heterocycles. The van der Waals surface area contributed by atoms with Crippen LogP contribution < -0.4 is 5.32 Å². The van der Waals surface area contributed by atoms with Crippen LogP contribution in [0.25, 0.3) is 0 Å². The molecule has 0 saturated carbocycles. The Bertz CT molecular complexity index is 538. The fourth-order valence-corrected chi connectivity index (χ4v) is 1.66. The molecule has 0 aliphatic carbocycles. The minimum atomic E-state index is -4.87. The van der Waals surface area contributed by atoms with Crippen molar-refractivity contribution in [3.63, 3.8) is 0 Å². The maximum atomic E-state index is 13.2. The van der Waals surface area contributed by atoms with Crippen LogP contribution in [-0.4, -0.2) is 23.4 Å². The zero-order valence-corrected chi connectivity index (χ0v) is 12.3. The summed E-state index contributed by atoms with van der Waals surface area (Å²) in [5.41, 5.74) is -2.35. The van der Waals surface area contributed by atoms with E-state index in [1.54, 1.807) is 20.8 Å². The first-order valence-electron chi connectivity index (χ1n) is 6.41. The summed E-state index contributed by atoms with van der Waals surface area (Å²) in [5.74, 6) is -1.43. The molecule has 0 bridgehead atoms. The van der Waals surface area contributed by atoms with E-state index >= 15 is 0 Å². The summed E-state index contributed by atoms with van der Waals surface area (Å²) in [6, 6.07) is 1.10. The Morgan fingerprint density at radius 1 is 1.32 bits per heavy atom. The van der Waals surface area contributed by atoms with Gasteiger partial charge in [0.25, 0.3) is 0 Å². The lowest BCUT2D eigenvalue weighted by Crippen LogP contribution is -2.36. The summed E-state index contributed by atoms with van der Waals surface area (Å²) in [4.78, 5) is 11.6. The molecule has 0 aliphatic rings. The summed E-state index contributed by atoms with van der Waals surface area (Å²) in [6.07, 6.45) is -5.77. The minimum Gasteiger partial charge on any atom is -0.444 e. The van der Waals surface area contributed by atoms with E-state index in [0.29, 0.717) is 12.1 Å². The first kappa shape index (κ1) is 18.2. The van der Waals surface area contributed by atoms with Crippen molar-refractivity contribution in [3.8, 4) is 0 Å². The predicted octanol–water partition coefficient (Wildman–Crippen LogP) is 3.40. The summed E-state index contributed by atoms with van der Waals surface area (Å²) >= 11 is 0. The monoisotopic (exact) mass is 323 g/mol. The molecule has 0 spiro atoms. The number of benzene rings is 1. The smallest absolute Gasteiger partial charge is 0.419 e. The molecule has 0 radical (unpaired) electrons. The predicted molar refractivity (Wildman–Crippen MR) is 70.6 cm³/mol. The molecule has 2 N–H and O–H groups in total. The number of nitrogens with one attached hydrogen (secondary N) is 1. The Balaban J connectivity index is 2.99. The first-order chi connectivity index (χ1) is 9.94. The van der Waals surface area contributed by atoms with Crippen LogP contribution in [0.3, 0.4) is 0 Å². The van der Waals surface area contributed by atoms with Crippen molar-refractivity contribution in [1.29, 1.82) is 0 Å². The van der Waals surface area contributed by atoms with Crippen molar-refractivity contribution >= 4 is 6.09 Å². The Hall–Kier alpha value is -1.83. The van der Waals surface area contributed by atoms with Crippen molar-refractivity contribution in [1.82, 2.24) is 5.32 Å². The number of hydrogen-bond donors (Lipinski definition) is 2. The molecule has 4 nitrogen and oxygen atoms in total. The average molecular weight is 323 g/mol. The van der Waals surface area contributed by atoms with Crippen molar-refractivity contribution in [2.45, 2.75) is 38.6 Å². The van der Waals surface area contributed by atoms with Crippen LogP contribution in [0.15, 0.2) is 18.2 Å². The molecule has 0 unspecified atom stereocenters. The molecule has 1 amide bonds. The number of alkyl halides is 3. The summed E-state index contributed by atoms with van der Waals surface area (Å²) in [5, 5.41) is 11.5. The molecule has 1 rings (SSSR count). The number of hydrogen-bond acceptors (Lipinski definition) is 3. The minimum absolute atomic E-state index is 0.0814. The molecule has 0 heterocycles. The van der Waals surface area contributed by atoms with Gasteiger partial charge >= 0.3 is 12.3 Å². The van der Waals surface area contributed by atoms with Crippen molar-refractivity contribution in [3.05, 3.63) is 35.1 Å². The number of carbonyl (C=O) groups is 1. The highest BCUT2D eigenvalue weighted by Crippen LogP contribution is 2.33. The van der Waals surface area contributed by atoms with E-state index in [0.717, 1.165) is 6.07 Å². The van der Waals surface area contributed by atoms with Gasteiger partial charge in [-0.25, -0.2) is 9.18 Å². The van der Waals surface area contributed by atoms with Gasteiger partial charge in [0.15, 0.2) is 0 Å². The second-order valence-electron chi connectivity index (χ2n) is 5.62. The van der Waals surface area contributed by atoms with Gasteiger partial charge in [-0.1, -0.05) is 6.07 Å². The SMILES string of the molecule is CC(C)(C)OC(=O)N[C@H](CO)c1ccc(F)c(C(F)(F)F)c1. The zero-order chi connectivity index (χ0) is 17.1. The third-order valence-corrected chi connectivity index (χ3v) is 2.57. The van der Waals surface area contributed by atoms with E-state index in [-0.39, 0.29) is 5.56 Å². The van der Waals surface area contributed by atoms with Crippen LogP contribution in [0, 0.1) is 5.82 Å². The van der Waals surface area contributed by atoms with Crippen LogP contribution in [0.2, 0.25) is 0 Å². The van der Waals surface area contributed by atoms with Gasteiger partial charge < -0.3 is 15.2 Å². The maximum absolute atomic E-state index is 13.2.